The molecular formula is C18H34N4O2. The van der Waals surface area contributed by atoms with Gasteiger partial charge in [0.1, 0.15) is 5.60 Å². The topological polar surface area (TPSA) is 48.1 Å². The Hall–Kier alpha value is -0.850. The van der Waals surface area contributed by atoms with E-state index in [1.54, 1.807) is 0 Å². The third-order valence-electron chi connectivity index (χ3n) is 5.47. The number of piperazine rings is 1. The summed E-state index contributed by atoms with van der Waals surface area (Å²) in [6.07, 6.45) is 2.48. The van der Waals surface area contributed by atoms with Gasteiger partial charge < -0.3 is 15.0 Å². The van der Waals surface area contributed by atoms with Crippen molar-refractivity contribution >= 4 is 6.09 Å². The molecule has 3 aliphatic heterocycles. The Morgan fingerprint density at radius 2 is 1.67 bits per heavy atom. The van der Waals surface area contributed by atoms with Gasteiger partial charge in [0.15, 0.2) is 0 Å². The van der Waals surface area contributed by atoms with Gasteiger partial charge in [-0.1, -0.05) is 0 Å². The highest BCUT2D eigenvalue weighted by Crippen LogP contribution is 2.22. The second-order valence-electron chi connectivity index (χ2n) is 8.56. The maximum absolute atomic E-state index is 12.1. The van der Waals surface area contributed by atoms with Crippen molar-refractivity contribution in [3.63, 3.8) is 0 Å². The lowest BCUT2D eigenvalue weighted by atomic mass is 9.94. The smallest absolute Gasteiger partial charge is 0.410 e. The standard InChI is InChI=1S/C18H34N4O2/c1-18(2,3)24-17(23)22-10-8-20(9-11-22)14-15-4-6-21(7-5-15)16-12-19-13-16/h15-16,19H,4-14H2,1-3H3. The number of carbonyl (C=O) groups excluding carboxylic acids is 1. The van der Waals surface area contributed by atoms with Crippen LogP contribution in [0.25, 0.3) is 0 Å². The molecule has 6 heteroatoms. The van der Waals surface area contributed by atoms with E-state index in [0.717, 1.165) is 38.1 Å². The van der Waals surface area contributed by atoms with Crippen molar-refractivity contribution in [3.8, 4) is 0 Å². The first-order chi connectivity index (χ1) is 11.4. The fourth-order valence-electron chi connectivity index (χ4n) is 3.84. The second kappa shape index (κ2) is 7.58. The summed E-state index contributed by atoms with van der Waals surface area (Å²) >= 11 is 0. The summed E-state index contributed by atoms with van der Waals surface area (Å²) in [5.41, 5.74) is -0.405. The van der Waals surface area contributed by atoms with Gasteiger partial charge in [0.2, 0.25) is 0 Å². The molecule has 24 heavy (non-hydrogen) atoms. The SMILES string of the molecule is CC(C)(C)OC(=O)N1CCN(CC2CCN(C3CNC3)CC2)CC1. The molecule has 138 valence electrons. The highest BCUT2D eigenvalue weighted by molar-refractivity contribution is 5.68. The zero-order valence-corrected chi connectivity index (χ0v) is 15.6. The fraction of sp³-hybridized carbons (Fsp3) is 0.944. The third-order valence-corrected chi connectivity index (χ3v) is 5.47. The van der Waals surface area contributed by atoms with Crippen LogP contribution in [0.5, 0.6) is 0 Å². The molecule has 3 heterocycles. The molecule has 1 amide bonds. The number of nitrogens with zero attached hydrogens (tertiary/aromatic N) is 3. The number of ether oxygens (including phenoxy) is 1. The number of likely N-dealkylation sites (tertiary alicyclic amines) is 1. The van der Waals surface area contributed by atoms with Gasteiger partial charge in [-0.2, -0.15) is 0 Å². The molecule has 6 nitrogen and oxygen atoms in total. The van der Waals surface area contributed by atoms with E-state index in [1.807, 2.05) is 25.7 Å². The van der Waals surface area contributed by atoms with E-state index in [9.17, 15) is 4.79 Å². The average molecular weight is 338 g/mol. The summed E-state index contributed by atoms with van der Waals surface area (Å²) in [6, 6.07) is 0.795. The van der Waals surface area contributed by atoms with Crippen molar-refractivity contribution in [2.24, 2.45) is 5.92 Å². The number of hydrogen-bond acceptors (Lipinski definition) is 5. The van der Waals surface area contributed by atoms with Gasteiger partial charge >= 0.3 is 6.09 Å². The molecular weight excluding hydrogens is 304 g/mol. The minimum atomic E-state index is -0.405. The summed E-state index contributed by atoms with van der Waals surface area (Å²) < 4.78 is 5.47. The monoisotopic (exact) mass is 338 g/mol. The Morgan fingerprint density at radius 1 is 1.04 bits per heavy atom. The van der Waals surface area contributed by atoms with Crippen LogP contribution < -0.4 is 5.32 Å². The van der Waals surface area contributed by atoms with Crippen LogP contribution >= 0.6 is 0 Å². The molecule has 0 saturated carbocycles. The van der Waals surface area contributed by atoms with Crippen LogP contribution in [0.2, 0.25) is 0 Å². The summed E-state index contributed by atoms with van der Waals surface area (Å²) in [5, 5.41) is 3.37. The normalized spacial score (nSPS) is 25.5. The lowest BCUT2D eigenvalue weighted by molar-refractivity contribution is 0.0115. The summed E-state index contributed by atoms with van der Waals surface area (Å²) in [6.45, 7) is 15.4. The predicted octanol–water partition coefficient (Wildman–Crippen LogP) is 1.22. The molecule has 0 bridgehead atoms. The minimum Gasteiger partial charge on any atom is -0.444 e. The van der Waals surface area contributed by atoms with Gasteiger partial charge in [-0.3, -0.25) is 9.80 Å². The predicted molar refractivity (Wildman–Crippen MR) is 95.2 cm³/mol. The van der Waals surface area contributed by atoms with Crippen LogP contribution in [-0.2, 0) is 4.74 Å². The Labute approximate surface area is 146 Å². The fourth-order valence-corrected chi connectivity index (χ4v) is 3.84. The van der Waals surface area contributed by atoms with E-state index >= 15 is 0 Å². The van der Waals surface area contributed by atoms with Crippen molar-refractivity contribution in [3.05, 3.63) is 0 Å². The average Bonchev–Trinajstić information content (AvgIpc) is 2.46. The highest BCUT2D eigenvalue weighted by atomic mass is 16.6. The molecule has 3 aliphatic rings. The maximum Gasteiger partial charge on any atom is 0.410 e. The molecule has 0 spiro atoms. The molecule has 3 rings (SSSR count). The molecule has 0 aromatic heterocycles. The van der Waals surface area contributed by atoms with Crippen molar-refractivity contribution < 1.29 is 9.53 Å². The van der Waals surface area contributed by atoms with E-state index < -0.39 is 5.60 Å². The molecule has 0 unspecified atom stereocenters. The van der Waals surface area contributed by atoms with E-state index in [0.29, 0.717) is 0 Å². The van der Waals surface area contributed by atoms with E-state index in [2.05, 4.69) is 15.1 Å². The number of carbonyl (C=O) groups is 1. The van der Waals surface area contributed by atoms with Crippen LogP contribution in [0.3, 0.4) is 0 Å². The van der Waals surface area contributed by atoms with Crippen LogP contribution in [0.1, 0.15) is 33.6 Å². The van der Waals surface area contributed by atoms with Gasteiger partial charge in [-0.05, 0) is 52.6 Å². The lowest BCUT2D eigenvalue weighted by Crippen LogP contribution is -2.59. The number of rotatable bonds is 3. The number of nitrogens with one attached hydrogen (secondary N) is 1. The highest BCUT2D eigenvalue weighted by Gasteiger charge is 2.30. The second-order valence-corrected chi connectivity index (χ2v) is 8.56. The van der Waals surface area contributed by atoms with Crippen LogP contribution in [0.4, 0.5) is 4.79 Å². The van der Waals surface area contributed by atoms with Gasteiger partial charge in [-0.25, -0.2) is 4.79 Å². The van der Waals surface area contributed by atoms with Crippen molar-refractivity contribution in [1.82, 2.24) is 20.0 Å². The number of piperidine rings is 1. The van der Waals surface area contributed by atoms with Crippen molar-refractivity contribution in [2.45, 2.75) is 45.3 Å². The van der Waals surface area contributed by atoms with Crippen molar-refractivity contribution in [1.29, 1.82) is 0 Å². The van der Waals surface area contributed by atoms with Gasteiger partial charge in [0, 0.05) is 51.9 Å². The quantitative estimate of drug-likeness (QED) is 0.839. The molecule has 0 radical (unpaired) electrons. The first kappa shape index (κ1) is 18.0. The Morgan fingerprint density at radius 3 is 2.17 bits per heavy atom. The molecule has 3 fully saturated rings. The van der Waals surface area contributed by atoms with Gasteiger partial charge in [-0.15, -0.1) is 0 Å². The first-order valence-corrected chi connectivity index (χ1v) is 9.56. The van der Waals surface area contributed by atoms with Gasteiger partial charge in [0.25, 0.3) is 0 Å². The molecule has 0 aliphatic carbocycles. The van der Waals surface area contributed by atoms with Gasteiger partial charge in [0.05, 0.1) is 0 Å². The largest absolute Gasteiger partial charge is 0.444 e. The Bertz CT molecular complexity index is 417. The van der Waals surface area contributed by atoms with E-state index in [-0.39, 0.29) is 6.09 Å². The zero-order valence-electron chi connectivity index (χ0n) is 15.6. The van der Waals surface area contributed by atoms with Crippen LogP contribution in [0, 0.1) is 5.92 Å². The minimum absolute atomic E-state index is 0.162. The Balaban J connectivity index is 1.34. The van der Waals surface area contributed by atoms with Crippen LogP contribution in [-0.4, -0.2) is 91.3 Å². The lowest BCUT2D eigenvalue weighted by Gasteiger charge is -2.43. The van der Waals surface area contributed by atoms with Crippen LogP contribution in [0.15, 0.2) is 0 Å². The van der Waals surface area contributed by atoms with E-state index in [1.165, 1.54) is 45.6 Å². The third kappa shape index (κ3) is 4.83. The molecule has 3 saturated heterocycles. The summed E-state index contributed by atoms with van der Waals surface area (Å²) in [5.74, 6) is 0.822. The first-order valence-electron chi connectivity index (χ1n) is 9.56. The molecule has 0 aromatic rings. The zero-order chi connectivity index (χ0) is 17.2. The number of amides is 1. The summed E-state index contributed by atoms with van der Waals surface area (Å²) in [7, 11) is 0. The number of hydrogen-bond donors (Lipinski definition) is 1. The van der Waals surface area contributed by atoms with Crippen molar-refractivity contribution in [2.75, 3.05) is 58.9 Å². The molecule has 0 atom stereocenters. The molecule has 0 aromatic carbocycles. The molecule has 1 N–H and O–H groups in total. The summed E-state index contributed by atoms with van der Waals surface area (Å²) in [4.78, 5) is 19.2. The Kier molecular flexibility index (Phi) is 5.67. The maximum atomic E-state index is 12.1. The van der Waals surface area contributed by atoms with E-state index in [4.69, 9.17) is 4.74 Å².